The number of nitrogens with one attached hydrogen (secondary N) is 1. The highest BCUT2D eigenvalue weighted by Gasteiger charge is 2.40. The Balaban J connectivity index is 1.69. The van der Waals surface area contributed by atoms with E-state index < -0.39 is 0 Å². The second-order valence-electron chi connectivity index (χ2n) is 4.58. The molecule has 3 rings (SSSR count). The predicted molar refractivity (Wildman–Crippen MR) is 63.7 cm³/mol. The van der Waals surface area contributed by atoms with Crippen LogP contribution in [0, 0.1) is 5.92 Å². The molecule has 4 heteroatoms. The van der Waals surface area contributed by atoms with Gasteiger partial charge in [-0.2, -0.15) is 0 Å². The van der Waals surface area contributed by atoms with Gasteiger partial charge in [0, 0.05) is 18.5 Å². The smallest absolute Gasteiger partial charge is 0.131 e. The van der Waals surface area contributed by atoms with Crippen molar-refractivity contribution in [3.8, 4) is 0 Å². The molecule has 2 heterocycles. The quantitative estimate of drug-likeness (QED) is 0.823. The Morgan fingerprint density at radius 3 is 3.00 bits per heavy atom. The van der Waals surface area contributed by atoms with Gasteiger partial charge < -0.3 is 10.1 Å². The van der Waals surface area contributed by atoms with Crippen LogP contribution in [-0.4, -0.2) is 23.7 Å². The second-order valence-corrected chi connectivity index (χ2v) is 4.97. The van der Waals surface area contributed by atoms with Crippen molar-refractivity contribution in [1.29, 1.82) is 0 Å². The lowest BCUT2D eigenvalue weighted by atomic mass is 10.1. The van der Waals surface area contributed by atoms with Gasteiger partial charge in [0.15, 0.2) is 0 Å². The molecule has 1 saturated heterocycles. The molecule has 2 atom stereocenters. The lowest BCUT2D eigenvalue weighted by molar-refractivity contribution is 0.0898. The van der Waals surface area contributed by atoms with Crippen LogP contribution < -0.4 is 5.32 Å². The number of nitrogens with zero attached hydrogens (tertiary/aromatic N) is 1. The first-order valence-corrected chi connectivity index (χ1v) is 6.20. The van der Waals surface area contributed by atoms with Crippen molar-refractivity contribution < 1.29 is 4.74 Å². The average Bonchev–Trinajstić information content (AvgIpc) is 3.00. The van der Waals surface area contributed by atoms with Crippen LogP contribution in [0.5, 0.6) is 0 Å². The molecule has 1 aliphatic heterocycles. The predicted octanol–water partition coefficient (Wildman–Crippen LogP) is 2.71. The van der Waals surface area contributed by atoms with Gasteiger partial charge in [-0.3, -0.25) is 0 Å². The fourth-order valence-electron chi connectivity index (χ4n) is 2.36. The number of halogens is 1. The van der Waals surface area contributed by atoms with Crippen LogP contribution in [0.3, 0.4) is 0 Å². The van der Waals surface area contributed by atoms with Crippen molar-refractivity contribution in [1.82, 2.24) is 4.98 Å². The molecule has 1 aliphatic carbocycles. The molecule has 1 aromatic rings. The van der Waals surface area contributed by atoms with Crippen LogP contribution in [0.25, 0.3) is 0 Å². The van der Waals surface area contributed by atoms with E-state index in [4.69, 9.17) is 16.3 Å². The summed E-state index contributed by atoms with van der Waals surface area (Å²) in [4.78, 5) is 3.98. The highest BCUT2D eigenvalue weighted by atomic mass is 35.5. The highest BCUT2D eigenvalue weighted by molar-refractivity contribution is 6.29. The van der Waals surface area contributed by atoms with E-state index in [2.05, 4.69) is 10.3 Å². The minimum Gasteiger partial charge on any atom is -0.379 e. The Morgan fingerprint density at radius 2 is 2.25 bits per heavy atom. The normalized spacial score (nSPS) is 29.3. The summed E-state index contributed by atoms with van der Waals surface area (Å²) in [5.74, 6) is 0.775. The lowest BCUT2D eigenvalue weighted by Gasteiger charge is -2.20. The molecular weight excluding hydrogens is 224 g/mol. The standard InChI is InChI=1S/C12H15ClN2O/c13-11-7-9(3-5-14-11)15-10-4-6-16-12(10)8-1-2-8/h3,5,7-8,10,12H,1-2,4,6H2,(H,14,15). The van der Waals surface area contributed by atoms with E-state index in [1.807, 2.05) is 12.1 Å². The molecule has 16 heavy (non-hydrogen) atoms. The summed E-state index contributed by atoms with van der Waals surface area (Å²) in [6.07, 6.45) is 5.85. The molecule has 86 valence electrons. The first kappa shape index (κ1) is 10.4. The van der Waals surface area contributed by atoms with Gasteiger partial charge in [0.1, 0.15) is 5.15 Å². The molecule has 1 aromatic heterocycles. The van der Waals surface area contributed by atoms with Gasteiger partial charge in [-0.05, 0) is 37.3 Å². The molecule has 0 bridgehead atoms. The van der Waals surface area contributed by atoms with Crippen molar-refractivity contribution in [2.24, 2.45) is 5.92 Å². The summed E-state index contributed by atoms with van der Waals surface area (Å²) in [6.45, 7) is 0.873. The van der Waals surface area contributed by atoms with E-state index >= 15 is 0 Å². The van der Waals surface area contributed by atoms with Crippen LogP contribution in [-0.2, 0) is 4.74 Å². The summed E-state index contributed by atoms with van der Waals surface area (Å²) >= 11 is 5.86. The van der Waals surface area contributed by atoms with Crippen molar-refractivity contribution in [2.75, 3.05) is 11.9 Å². The van der Waals surface area contributed by atoms with Crippen LogP contribution >= 0.6 is 11.6 Å². The zero-order valence-electron chi connectivity index (χ0n) is 9.03. The van der Waals surface area contributed by atoms with Gasteiger partial charge in [0.05, 0.1) is 12.1 Å². The first-order chi connectivity index (χ1) is 7.83. The number of ether oxygens (including phenoxy) is 1. The Bertz CT molecular complexity index is 381. The molecule has 0 aromatic carbocycles. The highest BCUT2D eigenvalue weighted by Crippen LogP contribution is 2.39. The summed E-state index contributed by atoms with van der Waals surface area (Å²) < 4.78 is 5.78. The monoisotopic (exact) mass is 238 g/mol. The summed E-state index contributed by atoms with van der Waals surface area (Å²) in [6, 6.07) is 4.25. The van der Waals surface area contributed by atoms with Crippen LogP contribution in [0.2, 0.25) is 5.15 Å². The number of aromatic nitrogens is 1. The molecular formula is C12H15ClN2O. The van der Waals surface area contributed by atoms with Gasteiger partial charge in [0.2, 0.25) is 0 Å². The molecule has 0 radical (unpaired) electrons. The molecule has 3 nitrogen and oxygen atoms in total. The Labute approximate surface area is 100 Å². The van der Waals surface area contributed by atoms with Crippen molar-refractivity contribution in [3.63, 3.8) is 0 Å². The molecule has 2 unspecified atom stereocenters. The number of pyridine rings is 1. The zero-order chi connectivity index (χ0) is 11.0. The summed E-state index contributed by atoms with van der Waals surface area (Å²) in [5, 5.41) is 4.04. The molecule has 1 saturated carbocycles. The van der Waals surface area contributed by atoms with E-state index in [1.54, 1.807) is 6.20 Å². The molecule has 0 spiro atoms. The average molecular weight is 239 g/mol. The molecule has 2 fully saturated rings. The summed E-state index contributed by atoms with van der Waals surface area (Å²) in [7, 11) is 0. The van der Waals surface area contributed by atoms with Gasteiger partial charge in [0.25, 0.3) is 0 Å². The van der Waals surface area contributed by atoms with Gasteiger partial charge in [-0.1, -0.05) is 11.6 Å². The Kier molecular flexibility index (Phi) is 2.74. The largest absolute Gasteiger partial charge is 0.379 e. The van der Waals surface area contributed by atoms with E-state index in [-0.39, 0.29) is 0 Å². The second kappa shape index (κ2) is 4.22. The maximum Gasteiger partial charge on any atom is 0.131 e. The fourth-order valence-corrected chi connectivity index (χ4v) is 2.54. The van der Waals surface area contributed by atoms with E-state index in [0.717, 1.165) is 24.6 Å². The fraction of sp³-hybridized carbons (Fsp3) is 0.583. The lowest BCUT2D eigenvalue weighted by Crippen LogP contribution is -2.30. The third-order valence-corrected chi connectivity index (χ3v) is 3.51. The van der Waals surface area contributed by atoms with Crippen molar-refractivity contribution >= 4 is 17.3 Å². The minimum atomic E-state index is 0.395. The summed E-state index contributed by atoms with van der Waals surface area (Å²) in [5.41, 5.74) is 1.04. The third-order valence-electron chi connectivity index (χ3n) is 3.30. The maximum atomic E-state index is 5.86. The van der Waals surface area contributed by atoms with Crippen LogP contribution in [0.15, 0.2) is 18.3 Å². The van der Waals surface area contributed by atoms with E-state index in [0.29, 0.717) is 17.3 Å². The van der Waals surface area contributed by atoms with Gasteiger partial charge >= 0.3 is 0 Å². The molecule has 0 amide bonds. The van der Waals surface area contributed by atoms with Crippen molar-refractivity contribution in [2.45, 2.75) is 31.4 Å². The van der Waals surface area contributed by atoms with Crippen molar-refractivity contribution in [3.05, 3.63) is 23.5 Å². The van der Waals surface area contributed by atoms with Gasteiger partial charge in [-0.15, -0.1) is 0 Å². The van der Waals surface area contributed by atoms with E-state index in [9.17, 15) is 0 Å². The first-order valence-electron chi connectivity index (χ1n) is 5.82. The van der Waals surface area contributed by atoms with Gasteiger partial charge in [-0.25, -0.2) is 4.98 Å². The Morgan fingerprint density at radius 1 is 1.38 bits per heavy atom. The van der Waals surface area contributed by atoms with Crippen LogP contribution in [0.4, 0.5) is 5.69 Å². The number of hydrogen-bond acceptors (Lipinski definition) is 3. The minimum absolute atomic E-state index is 0.395. The maximum absolute atomic E-state index is 5.86. The SMILES string of the molecule is Clc1cc(NC2CCOC2C2CC2)ccn1. The van der Waals surface area contributed by atoms with Crippen LogP contribution in [0.1, 0.15) is 19.3 Å². The zero-order valence-corrected chi connectivity index (χ0v) is 9.78. The molecule has 1 N–H and O–H groups in total. The Hall–Kier alpha value is -0.800. The van der Waals surface area contributed by atoms with E-state index in [1.165, 1.54) is 12.8 Å². The number of hydrogen-bond donors (Lipinski definition) is 1. The number of rotatable bonds is 3. The number of anilines is 1. The molecule has 2 aliphatic rings. The third kappa shape index (κ3) is 2.15. The topological polar surface area (TPSA) is 34.1 Å².